The van der Waals surface area contributed by atoms with Gasteiger partial charge in [0, 0.05) is 17.4 Å². The van der Waals surface area contributed by atoms with Gasteiger partial charge in [0.1, 0.15) is 0 Å². The van der Waals surface area contributed by atoms with Crippen molar-refractivity contribution >= 4 is 21.8 Å². The van der Waals surface area contributed by atoms with E-state index in [9.17, 15) is 4.79 Å². The summed E-state index contributed by atoms with van der Waals surface area (Å²) in [6.45, 7) is 2.69. The van der Waals surface area contributed by atoms with Crippen molar-refractivity contribution in [3.63, 3.8) is 0 Å². The lowest BCUT2D eigenvalue weighted by Crippen LogP contribution is -2.28. The van der Waals surface area contributed by atoms with Crippen molar-refractivity contribution in [2.45, 2.75) is 19.4 Å². The Labute approximate surface area is 105 Å². The predicted octanol–water partition coefficient (Wildman–Crippen LogP) is 2.24. The number of nitrogens with one attached hydrogen (secondary N) is 2. The lowest BCUT2D eigenvalue weighted by molar-refractivity contribution is -0.121. The van der Waals surface area contributed by atoms with Crippen molar-refractivity contribution in [3.05, 3.63) is 34.3 Å². The Balaban J connectivity index is 2.48. The fourth-order valence-electron chi connectivity index (χ4n) is 1.39. The summed E-state index contributed by atoms with van der Waals surface area (Å²) >= 11 is 3.38. The van der Waals surface area contributed by atoms with Gasteiger partial charge >= 0.3 is 0 Å². The molecule has 0 aliphatic carbocycles. The minimum absolute atomic E-state index is 0.0532. The number of carbonyl (C=O) groups is 1. The van der Waals surface area contributed by atoms with Crippen molar-refractivity contribution < 1.29 is 4.79 Å². The van der Waals surface area contributed by atoms with Crippen molar-refractivity contribution in [1.29, 1.82) is 0 Å². The Morgan fingerprint density at radius 1 is 1.38 bits per heavy atom. The molecular weight excluding hydrogens is 268 g/mol. The Morgan fingerprint density at radius 3 is 2.56 bits per heavy atom. The van der Waals surface area contributed by atoms with Gasteiger partial charge in [-0.3, -0.25) is 4.79 Å². The molecule has 2 N–H and O–H groups in total. The second-order valence-electron chi connectivity index (χ2n) is 3.69. The molecule has 1 atom stereocenters. The predicted molar refractivity (Wildman–Crippen MR) is 69.2 cm³/mol. The molecule has 1 rings (SSSR count). The monoisotopic (exact) mass is 284 g/mol. The summed E-state index contributed by atoms with van der Waals surface area (Å²) in [5, 5.41) is 5.91. The zero-order valence-electron chi connectivity index (χ0n) is 9.59. The molecule has 0 radical (unpaired) electrons. The Morgan fingerprint density at radius 2 is 2.00 bits per heavy atom. The SMILES string of the molecule is CNCCC(=O)NC(C)c1ccc(Br)cc1. The van der Waals surface area contributed by atoms with E-state index in [0.717, 1.165) is 10.0 Å². The van der Waals surface area contributed by atoms with E-state index in [1.165, 1.54) is 0 Å². The number of hydrogen-bond donors (Lipinski definition) is 2. The van der Waals surface area contributed by atoms with Crippen LogP contribution in [0.1, 0.15) is 24.9 Å². The van der Waals surface area contributed by atoms with Gasteiger partial charge in [0.2, 0.25) is 5.91 Å². The van der Waals surface area contributed by atoms with Gasteiger partial charge in [0.05, 0.1) is 6.04 Å². The Bertz CT molecular complexity index is 337. The van der Waals surface area contributed by atoms with Crippen LogP contribution >= 0.6 is 15.9 Å². The topological polar surface area (TPSA) is 41.1 Å². The van der Waals surface area contributed by atoms with Crippen LogP contribution in [-0.4, -0.2) is 19.5 Å². The van der Waals surface area contributed by atoms with Crippen LogP contribution in [0.15, 0.2) is 28.7 Å². The lowest BCUT2D eigenvalue weighted by atomic mass is 10.1. The largest absolute Gasteiger partial charge is 0.350 e. The first-order valence-electron chi connectivity index (χ1n) is 5.33. The fraction of sp³-hybridized carbons (Fsp3) is 0.417. The van der Waals surface area contributed by atoms with Gasteiger partial charge in [-0.2, -0.15) is 0 Å². The smallest absolute Gasteiger partial charge is 0.221 e. The molecular formula is C12H17BrN2O. The van der Waals surface area contributed by atoms with Crippen molar-refractivity contribution in [3.8, 4) is 0 Å². The lowest BCUT2D eigenvalue weighted by Gasteiger charge is -2.14. The summed E-state index contributed by atoms with van der Waals surface area (Å²) in [6.07, 6.45) is 0.511. The van der Waals surface area contributed by atoms with Crippen LogP contribution in [0.2, 0.25) is 0 Å². The summed E-state index contributed by atoms with van der Waals surface area (Å²) in [7, 11) is 1.84. The highest BCUT2D eigenvalue weighted by molar-refractivity contribution is 9.10. The van der Waals surface area contributed by atoms with Crippen molar-refractivity contribution in [2.75, 3.05) is 13.6 Å². The highest BCUT2D eigenvalue weighted by atomic mass is 79.9. The normalized spacial score (nSPS) is 12.2. The van der Waals surface area contributed by atoms with E-state index < -0.39 is 0 Å². The third kappa shape index (κ3) is 4.33. The summed E-state index contributed by atoms with van der Waals surface area (Å²) in [6, 6.07) is 8.02. The Hall–Kier alpha value is -0.870. The van der Waals surface area contributed by atoms with E-state index in [1.54, 1.807) is 0 Å². The molecule has 0 fully saturated rings. The fourth-order valence-corrected chi connectivity index (χ4v) is 1.65. The van der Waals surface area contributed by atoms with Gasteiger partial charge < -0.3 is 10.6 Å². The van der Waals surface area contributed by atoms with Crippen LogP contribution in [0.25, 0.3) is 0 Å². The first kappa shape index (κ1) is 13.2. The standard InChI is InChI=1S/C12H17BrN2O/c1-9(15-12(16)7-8-14-2)10-3-5-11(13)6-4-10/h3-6,9,14H,7-8H2,1-2H3,(H,15,16). The molecule has 1 unspecified atom stereocenters. The van der Waals surface area contributed by atoms with E-state index >= 15 is 0 Å². The number of carbonyl (C=O) groups excluding carboxylic acids is 1. The average molecular weight is 285 g/mol. The summed E-state index contributed by atoms with van der Waals surface area (Å²) < 4.78 is 1.05. The molecule has 4 heteroatoms. The number of halogens is 1. The molecule has 0 spiro atoms. The van der Waals surface area contributed by atoms with E-state index in [1.807, 2.05) is 38.2 Å². The minimum Gasteiger partial charge on any atom is -0.350 e. The van der Waals surface area contributed by atoms with E-state index in [2.05, 4.69) is 26.6 Å². The maximum absolute atomic E-state index is 11.5. The highest BCUT2D eigenvalue weighted by Crippen LogP contribution is 2.16. The summed E-state index contributed by atoms with van der Waals surface area (Å²) in [4.78, 5) is 11.5. The van der Waals surface area contributed by atoms with Gasteiger partial charge in [-0.1, -0.05) is 28.1 Å². The van der Waals surface area contributed by atoms with Gasteiger partial charge in [0.15, 0.2) is 0 Å². The van der Waals surface area contributed by atoms with Crippen molar-refractivity contribution in [2.24, 2.45) is 0 Å². The molecule has 0 saturated heterocycles. The number of benzene rings is 1. The third-order valence-corrected chi connectivity index (χ3v) is 2.88. The first-order chi connectivity index (χ1) is 7.63. The van der Waals surface area contributed by atoms with Crippen LogP contribution in [0, 0.1) is 0 Å². The second-order valence-corrected chi connectivity index (χ2v) is 4.61. The maximum atomic E-state index is 11.5. The average Bonchev–Trinajstić information content (AvgIpc) is 2.27. The third-order valence-electron chi connectivity index (χ3n) is 2.35. The van der Waals surface area contributed by atoms with Crippen LogP contribution in [-0.2, 0) is 4.79 Å². The molecule has 0 aromatic heterocycles. The van der Waals surface area contributed by atoms with Crippen LogP contribution in [0.3, 0.4) is 0 Å². The molecule has 88 valence electrons. The molecule has 16 heavy (non-hydrogen) atoms. The number of hydrogen-bond acceptors (Lipinski definition) is 2. The van der Waals surface area contributed by atoms with Gasteiger partial charge in [-0.15, -0.1) is 0 Å². The van der Waals surface area contributed by atoms with Gasteiger partial charge in [-0.05, 0) is 31.7 Å². The highest BCUT2D eigenvalue weighted by Gasteiger charge is 2.08. The van der Waals surface area contributed by atoms with Crippen molar-refractivity contribution in [1.82, 2.24) is 10.6 Å². The van der Waals surface area contributed by atoms with E-state index in [4.69, 9.17) is 0 Å². The molecule has 1 aromatic rings. The molecule has 0 heterocycles. The van der Waals surface area contributed by atoms with Crippen LogP contribution in [0.4, 0.5) is 0 Å². The van der Waals surface area contributed by atoms with Gasteiger partial charge in [-0.25, -0.2) is 0 Å². The molecule has 0 bridgehead atoms. The summed E-state index contributed by atoms with van der Waals surface area (Å²) in [5.74, 6) is 0.0739. The molecule has 0 saturated carbocycles. The summed E-state index contributed by atoms with van der Waals surface area (Å²) in [5.41, 5.74) is 1.11. The maximum Gasteiger partial charge on any atom is 0.221 e. The molecule has 0 aliphatic rings. The minimum atomic E-state index is 0.0532. The van der Waals surface area contributed by atoms with E-state index in [-0.39, 0.29) is 11.9 Å². The number of amides is 1. The molecule has 3 nitrogen and oxygen atoms in total. The van der Waals surface area contributed by atoms with Crippen LogP contribution in [0.5, 0.6) is 0 Å². The zero-order chi connectivity index (χ0) is 12.0. The molecule has 1 aromatic carbocycles. The quantitative estimate of drug-likeness (QED) is 0.871. The zero-order valence-corrected chi connectivity index (χ0v) is 11.2. The first-order valence-corrected chi connectivity index (χ1v) is 6.12. The van der Waals surface area contributed by atoms with Gasteiger partial charge in [0.25, 0.3) is 0 Å². The van der Waals surface area contributed by atoms with Crippen LogP contribution < -0.4 is 10.6 Å². The second kappa shape index (κ2) is 6.66. The van der Waals surface area contributed by atoms with E-state index in [0.29, 0.717) is 13.0 Å². The molecule has 1 amide bonds. The Kier molecular flexibility index (Phi) is 5.49. The molecule has 0 aliphatic heterocycles. The number of rotatable bonds is 5.